The molecule has 0 fully saturated rings. The van der Waals surface area contributed by atoms with Gasteiger partial charge in [-0.1, -0.05) is 151 Å². The van der Waals surface area contributed by atoms with Crippen molar-refractivity contribution in [3.63, 3.8) is 0 Å². The molecule has 0 saturated carbocycles. The summed E-state index contributed by atoms with van der Waals surface area (Å²) in [5.41, 5.74) is 6.45. The molecule has 6 aromatic carbocycles. The number of halogens is 1. The van der Waals surface area contributed by atoms with Crippen LogP contribution in [-0.4, -0.2) is 24.7 Å². The summed E-state index contributed by atoms with van der Waals surface area (Å²) in [6.45, 7) is 0.0711. The first-order valence-electron chi connectivity index (χ1n) is 16.4. The van der Waals surface area contributed by atoms with Gasteiger partial charge in [0.15, 0.2) is 5.60 Å². The van der Waals surface area contributed by atoms with Gasteiger partial charge in [-0.05, 0) is 52.4 Å². The molecule has 1 N–H and O–H groups in total. The van der Waals surface area contributed by atoms with E-state index in [-0.39, 0.29) is 48.5 Å². The van der Waals surface area contributed by atoms with Crippen molar-refractivity contribution >= 4 is 23.7 Å². The fourth-order valence-corrected chi connectivity index (χ4v) is 7.09. The molecule has 7 rings (SSSR count). The minimum atomic E-state index is -1.41. The number of rotatable bonds is 11. The Hall–Kier alpha value is -4.85. The average molecular weight is 702 g/mol. The molecule has 51 heavy (non-hydrogen) atoms. The van der Waals surface area contributed by atoms with Gasteiger partial charge < -0.3 is 24.7 Å². The average Bonchev–Trinajstić information content (AvgIpc) is 3.48. The van der Waals surface area contributed by atoms with Crippen LogP contribution in [0.5, 0.6) is 5.75 Å². The Morgan fingerprint density at radius 2 is 1.20 bits per heavy atom. The van der Waals surface area contributed by atoms with Crippen LogP contribution < -0.4 is 44.7 Å². The number of ether oxygens (including phenoxy) is 2. The molecule has 0 spiro atoms. The topological polar surface area (TPSA) is 87.7 Å². The minimum absolute atomic E-state index is 0. The minimum Gasteiger partial charge on any atom is -0.548 e. The molecule has 6 nitrogen and oxygen atoms in total. The van der Waals surface area contributed by atoms with E-state index in [4.69, 9.17) is 21.1 Å². The monoisotopic (exact) mass is 701 g/mol. The number of fused-ring (bicyclic) bond motifs is 3. The number of aliphatic carboxylic acids is 1. The Morgan fingerprint density at radius 3 is 1.75 bits per heavy atom. The van der Waals surface area contributed by atoms with Gasteiger partial charge in [-0.3, -0.25) is 0 Å². The number of hydrogen-bond acceptors (Lipinski definition) is 5. The zero-order valence-corrected chi connectivity index (χ0v) is 30.8. The van der Waals surface area contributed by atoms with Gasteiger partial charge >= 0.3 is 35.7 Å². The van der Waals surface area contributed by atoms with Crippen LogP contribution >= 0.6 is 11.6 Å². The number of hydrogen-bond donors (Lipinski definition) is 1. The smallest absolute Gasteiger partial charge is 0.548 e. The van der Waals surface area contributed by atoms with Crippen molar-refractivity contribution < 1.29 is 53.7 Å². The number of nitrogens with one attached hydrogen (secondary N) is 1. The number of benzene rings is 6. The van der Waals surface area contributed by atoms with E-state index in [1.807, 2.05) is 121 Å². The standard InChI is InChI=1S/C43H34ClNO5.Na/c44-39-22-12-11-21-38(39)43(30-13-3-1-4-14-30,31-15-5-2-6-16-31)50-32-25-23-29(24-26-32)27-40(41(46)47)45-42(48)49-28-37-35-19-9-7-17-33(35)34-18-8-10-20-36(34)37;/h1-26,37,40H,27-28H2,(H,45,48)(H,46,47);/q;+1/p-1/t40-;/m0./s1. The molecule has 0 aliphatic heterocycles. The van der Waals surface area contributed by atoms with Crippen molar-refractivity contribution in [3.05, 3.63) is 196 Å². The molecule has 0 radical (unpaired) electrons. The van der Waals surface area contributed by atoms with Crippen LogP contribution in [0.3, 0.4) is 0 Å². The molecule has 248 valence electrons. The molecule has 1 atom stereocenters. The van der Waals surface area contributed by atoms with Crippen molar-refractivity contribution in [1.82, 2.24) is 5.32 Å². The molecule has 1 aliphatic rings. The summed E-state index contributed by atoms with van der Waals surface area (Å²) in [5, 5.41) is 15.2. The summed E-state index contributed by atoms with van der Waals surface area (Å²) >= 11 is 6.85. The van der Waals surface area contributed by atoms with E-state index in [2.05, 4.69) is 17.4 Å². The van der Waals surface area contributed by atoms with Crippen molar-refractivity contribution in [3.8, 4) is 16.9 Å². The van der Waals surface area contributed by atoms with Crippen LogP contribution in [0, 0.1) is 0 Å². The molecular formula is C43H33ClNNaO5. The molecular weight excluding hydrogens is 669 g/mol. The van der Waals surface area contributed by atoms with Crippen LogP contribution in [0.1, 0.15) is 39.3 Å². The third kappa shape index (κ3) is 7.46. The summed E-state index contributed by atoms with van der Waals surface area (Å²) in [4.78, 5) is 25.1. The normalized spacial score (nSPS) is 12.5. The predicted molar refractivity (Wildman–Crippen MR) is 192 cm³/mol. The number of carboxylic acid groups (broad SMARTS) is 1. The fraction of sp³-hybridized carbons (Fsp3) is 0.116. The van der Waals surface area contributed by atoms with E-state index in [9.17, 15) is 14.7 Å². The van der Waals surface area contributed by atoms with Gasteiger partial charge in [0.1, 0.15) is 12.4 Å². The van der Waals surface area contributed by atoms with E-state index in [0.29, 0.717) is 16.3 Å². The van der Waals surface area contributed by atoms with Crippen LogP contribution in [0.4, 0.5) is 4.79 Å². The third-order valence-electron chi connectivity index (χ3n) is 9.17. The second-order valence-electron chi connectivity index (χ2n) is 12.2. The SMILES string of the molecule is O=C(N[C@@H](Cc1ccc(OC(c2ccccc2)(c2ccccc2)c2ccccc2Cl)cc1)C(=O)[O-])OCC1c2ccccc2-c2ccccc21.[Na+]. The number of carboxylic acids is 1. The van der Waals surface area contributed by atoms with Gasteiger partial charge in [0.2, 0.25) is 0 Å². The van der Waals surface area contributed by atoms with Crippen LogP contribution in [0.2, 0.25) is 5.02 Å². The van der Waals surface area contributed by atoms with Crippen molar-refractivity contribution in [2.24, 2.45) is 0 Å². The Kier molecular flexibility index (Phi) is 11.3. The number of amides is 1. The summed E-state index contributed by atoms with van der Waals surface area (Å²) in [6, 6.07) is 49.2. The fourth-order valence-electron chi connectivity index (χ4n) is 6.82. The first-order valence-corrected chi connectivity index (χ1v) is 16.8. The van der Waals surface area contributed by atoms with Crippen molar-refractivity contribution in [1.29, 1.82) is 0 Å². The maximum absolute atomic E-state index is 12.9. The van der Waals surface area contributed by atoms with E-state index < -0.39 is 23.7 Å². The van der Waals surface area contributed by atoms with Crippen molar-refractivity contribution in [2.75, 3.05) is 6.61 Å². The summed E-state index contributed by atoms with van der Waals surface area (Å²) in [6.07, 6.45) is -0.837. The summed E-state index contributed by atoms with van der Waals surface area (Å²) in [7, 11) is 0. The second-order valence-corrected chi connectivity index (χ2v) is 12.6. The maximum Gasteiger partial charge on any atom is 1.00 e. The zero-order valence-electron chi connectivity index (χ0n) is 28.0. The van der Waals surface area contributed by atoms with E-state index >= 15 is 0 Å². The molecule has 0 bridgehead atoms. The molecule has 1 amide bonds. The van der Waals surface area contributed by atoms with Gasteiger partial charge in [0.25, 0.3) is 0 Å². The number of carbonyl (C=O) groups is 2. The molecule has 6 aromatic rings. The molecule has 0 saturated heterocycles. The largest absolute Gasteiger partial charge is 1.00 e. The van der Waals surface area contributed by atoms with Gasteiger partial charge in [-0.25, -0.2) is 4.79 Å². The van der Waals surface area contributed by atoms with Gasteiger partial charge in [-0.2, -0.15) is 0 Å². The Balaban J connectivity index is 0.00000448. The van der Waals surface area contributed by atoms with Crippen molar-refractivity contribution in [2.45, 2.75) is 24.0 Å². The third-order valence-corrected chi connectivity index (χ3v) is 9.50. The Bertz CT molecular complexity index is 2040. The van der Waals surface area contributed by atoms with E-state index in [0.717, 1.165) is 38.9 Å². The predicted octanol–water partition coefficient (Wildman–Crippen LogP) is 4.91. The maximum atomic E-state index is 12.9. The van der Waals surface area contributed by atoms with Crippen LogP contribution in [0.25, 0.3) is 11.1 Å². The first-order chi connectivity index (χ1) is 24.4. The molecule has 0 aromatic heterocycles. The second kappa shape index (κ2) is 16.0. The van der Waals surface area contributed by atoms with Crippen LogP contribution in [-0.2, 0) is 21.6 Å². The Labute approximate surface area is 324 Å². The number of carbonyl (C=O) groups excluding carboxylic acids is 2. The first kappa shape index (κ1) is 36.0. The summed E-state index contributed by atoms with van der Waals surface area (Å²) in [5.74, 6) is -1.02. The quantitative estimate of drug-likeness (QED) is 0.153. The van der Waals surface area contributed by atoms with Gasteiger partial charge in [0, 0.05) is 27.6 Å². The molecule has 1 aliphatic carbocycles. The zero-order chi connectivity index (χ0) is 34.5. The van der Waals surface area contributed by atoms with E-state index in [1.165, 1.54) is 0 Å². The molecule has 0 heterocycles. The van der Waals surface area contributed by atoms with Gasteiger partial charge in [0.05, 0.1) is 12.0 Å². The van der Waals surface area contributed by atoms with Crippen LogP contribution in [0.15, 0.2) is 158 Å². The molecule has 0 unspecified atom stereocenters. The summed E-state index contributed by atoms with van der Waals surface area (Å²) < 4.78 is 12.5. The van der Waals surface area contributed by atoms with E-state index in [1.54, 1.807) is 24.3 Å². The van der Waals surface area contributed by atoms with Gasteiger partial charge in [-0.15, -0.1) is 0 Å². The number of alkyl carbamates (subject to hydrolysis) is 1. The molecule has 8 heteroatoms. The Morgan fingerprint density at radius 1 is 0.686 bits per heavy atom.